The lowest BCUT2D eigenvalue weighted by Gasteiger charge is -2.46. The van der Waals surface area contributed by atoms with Crippen LogP contribution in [0.15, 0.2) is 24.3 Å². The lowest BCUT2D eigenvalue weighted by atomic mass is 9.97. The van der Waals surface area contributed by atoms with E-state index in [1.54, 1.807) is 18.2 Å². The van der Waals surface area contributed by atoms with Crippen molar-refractivity contribution in [2.75, 3.05) is 20.3 Å². The predicted octanol–water partition coefficient (Wildman–Crippen LogP) is 0.694. The molecule has 288 valence electrons. The minimum Gasteiger partial charge on any atom is -0.493 e. The average Bonchev–Trinajstić information content (AvgIpc) is 3.03. The highest BCUT2D eigenvalue weighted by Gasteiger charge is 2.56. The second-order valence-corrected chi connectivity index (χ2v) is 11.4. The van der Waals surface area contributed by atoms with Crippen LogP contribution in [0.1, 0.15) is 48.5 Å². The molecule has 19 nitrogen and oxygen atoms in total. The highest BCUT2D eigenvalue weighted by Crippen LogP contribution is 2.35. The summed E-state index contributed by atoms with van der Waals surface area (Å²) in [5, 5.41) is 0. The smallest absolute Gasteiger partial charge is 0.303 e. The van der Waals surface area contributed by atoms with Gasteiger partial charge in [0.25, 0.3) is 0 Å². The number of hydrogen-bond acceptors (Lipinski definition) is 19. The molecule has 0 aliphatic carbocycles. The summed E-state index contributed by atoms with van der Waals surface area (Å²) >= 11 is 0. The zero-order valence-corrected chi connectivity index (χ0v) is 29.8. The molecule has 19 heteroatoms. The Kier molecular flexibility index (Phi) is 15.1. The number of methoxy groups -OCH3 is 1. The predicted molar refractivity (Wildman–Crippen MR) is 167 cm³/mol. The molecule has 2 aliphatic rings. The summed E-state index contributed by atoms with van der Waals surface area (Å²) in [5.41, 5.74) is 0. The van der Waals surface area contributed by atoms with Crippen molar-refractivity contribution in [3.05, 3.63) is 24.3 Å². The van der Waals surface area contributed by atoms with Crippen LogP contribution in [-0.2, 0) is 80.9 Å². The fourth-order valence-electron chi connectivity index (χ4n) is 5.44. The van der Waals surface area contributed by atoms with Gasteiger partial charge in [0.15, 0.2) is 48.3 Å². The van der Waals surface area contributed by atoms with Gasteiger partial charge in [-0.3, -0.25) is 33.6 Å². The van der Waals surface area contributed by atoms with Gasteiger partial charge in [0.05, 0.1) is 13.7 Å². The summed E-state index contributed by atoms with van der Waals surface area (Å²) in [6, 6.07) is 6.39. The topological polar surface area (TPSA) is 230 Å². The molecule has 3 rings (SSSR count). The van der Waals surface area contributed by atoms with E-state index in [2.05, 4.69) is 0 Å². The van der Waals surface area contributed by atoms with Gasteiger partial charge in [-0.15, -0.1) is 0 Å². The normalized spacial score (nSPS) is 28.2. The SMILES string of the molecule is COc1ccccc1O[C@H]1O[C@@H](CO[C@@H]2O[C@H](COC(C)=O)[C@@H](OC(C)=O)[C@H](OC(C)=O)[C@H]2OC(C)=O)[C@H](OC(C)=O)[C@@H](OC(C)=O)[C@@H]1OC(C)=O. The Balaban J connectivity index is 2.08. The van der Waals surface area contributed by atoms with Crippen molar-refractivity contribution in [1.82, 2.24) is 0 Å². The second-order valence-electron chi connectivity index (χ2n) is 11.4. The summed E-state index contributed by atoms with van der Waals surface area (Å²) in [6.45, 7) is 6.37. The number of ether oxygens (including phenoxy) is 12. The molecule has 0 aromatic heterocycles. The number of carbonyl (C=O) groups excluding carboxylic acids is 7. The van der Waals surface area contributed by atoms with Gasteiger partial charge in [0.2, 0.25) is 12.4 Å². The van der Waals surface area contributed by atoms with Crippen molar-refractivity contribution in [2.24, 2.45) is 0 Å². The maximum Gasteiger partial charge on any atom is 0.303 e. The van der Waals surface area contributed by atoms with Crippen LogP contribution in [0.25, 0.3) is 0 Å². The third-order valence-corrected chi connectivity index (χ3v) is 7.18. The van der Waals surface area contributed by atoms with Gasteiger partial charge in [0, 0.05) is 48.5 Å². The average molecular weight is 743 g/mol. The first-order chi connectivity index (χ1) is 24.5. The van der Waals surface area contributed by atoms with Crippen molar-refractivity contribution in [3.63, 3.8) is 0 Å². The molecule has 1 aromatic carbocycles. The molecular formula is C33H42O19. The van der Waals surface area contributed by atoms with E-state index in [9.17, 15) is 33.6 Å². The fraction of sp³-hybridized carbons (Fsp3) is 0.606. The molecule has 52 heavy (non-hydrogen) atoms. The maximum atomic E-state index is 12.4. The molecule has 0 radical (unpaired) electrons. The van der Waals surface area contributed by atoms with Crippen molar-refractivity contribution < 1.29 is 90.4 Å². The Morgan fingerprint density at radius 1 is 0.500 bits per heavy atom. The zero-order chi connectivity index (χ0) is 38.7. The minimum atomic E-state index is -1.66. The summed E-state index contributed by atoms with van der Waals surface area (Å²) < 4.78 is 67.5. The van der Waals surface area contributed by atoms with Crippen LogP contribution in [0, 0.1) is 0 Å². The highest BCUT2D eigenvalue weighted by atomic mass is 16.8. The monoisotopic (exact) mass is 742 g/mol. The molecule has 2 saturated heterocycles. The Bertz CT molecular complexity index is 1460. The van der Waals surface area contributed by atoms with Crippen LogP contribution < -0.4 is 9.47 Å². The standard InChI is InChI=1S/C33H42O19/c1-15(34)42-13-24-26(44-16(2)35)28(46-18(4)37)30(48-20(6)39)32(51-24)43-14-25-27(45-17(3)36)29(47-19(5)38)31(49-21(7)40)33(52-25)50-23-12-10-9-11-22(23)41-8/h9-12,24-33H,13-14H2,1-8H3/t24-,25+,26-,27+,28+,29-,30-,31+,32-,33+/m1/s1. The van der Waals surface area contributed by atoms with Crippen LogP contribution in [0.5, 0.6) is 11.5 Å². The van der Waals surface area contributed by atoms with E-state index >= 15 is 0 Å². The Hall–Kier alpha value is -5.01. The minimum absolute atomic E-state index is 0.124. The highest BCUT2D eigenvalue weighted by molar-refractivity contribution is 5.69. The second kappa shape index (κ2) is 19.0. The van der Waals surface area contributed by atoms with Gasteiger partial charge in [-0.05, 0) is 12.1 Å². The van der Waals surface area contributed by atoms with Gasteiger partial charge in [0.1, 0.15) is 18.8 Å². The fourth-order valence-corrected chi connectivity index (χ4v) is 5.44. The number of para-hydroxylation sites is 2. The first kappa shape index (κ1) is 41.4. The van der Waals surface area contributed by atoms with Gasteiger partial charge in [-0.25, -0.2) is 0 Å². The van der Waals surface area contributed by atoms with Crippen molar-refractivity contribution >= 4 is 41.8 Å². The van der Waals surface area contributed by atoms with Gasteiger partial charge in [-0.2, -0.15) is 0 Å². The molecular weight excluding hydrogens is 700 g/mol. The Morgan fingerprint density at radius 2 is 0.885 bits per heavy atom. The van der Waals surface area contributed by atoms with Crippen molar-refractivity contribution in [3.8, 4) is 11.5 Å². The first-order valence-corrected chi connectivity index (χ1v) is 15.9. The molecule has 2 heterocycles. The van der Waals surface area contributed by atoms with E-state index in [0.717, 1.165) is 48.5 Å². The first-order valence-electron chi connectivity index (χ1n) is 15.9. The molecule has 0 saturated carbocycles. The largest absolute Gasteiger partial charge is 0.493 e. The quantitative estimate of drug-likeness (QED) is 0.189. The summed E-state index contributed by atoms with van der Waals surface area (Å²) in [4.78, 5) is 85.3. The van der Waals surface area contributed by atoms with E-state index in [1.807, 2.05) is 0 Å². The lowest BCUT2D eigenvalue weighted by molar-refractivity contribution is -0.327. The molecule has 2 fully saturated rings. The van der Waals surface area contributed by atoms with Crippen LogP contribution in [0.2, 0.25) is 0 Å². The van der Waals surface area contributed by atoms with Gasteiger partial charge >= 0.3 is 41.8 Å². The zero-order valence-electron chi connectivity index (χ0n) is 29.8. The third kappa shape index (κ3) is 11.8. The number of benzene rings is 1. The number of carbonyl (C=O) groups is 7. The molecule has 2 aliphatic heterocycles. The van der Waals surface area contributed by atoms with Crippen LogP contribution in [0.3, 0.4) is 0 Å². The molecule has 1 aromatic rings. The molecule has 0 unspecified atom stereocenters. The van der Waals surface area contributed by atoms with E-state index in [-0.39, 0.29) is 11.5 Å². The summed E-state index contributed by atoms with van der Waals surface area (Å²) in [5.74, 6) is -5.46. The van der Waals surface area contributed by atoms with E-state index < -0.39 is 116 Å². The summed E-state index contributed by atoms with van der Waals surface area (Å²) in [7, 11) is 1.38. The number of rotatable bonds is 14. The Morgan fingerprint density at radius 3 is 1.33 bits per heavy atom. The molecule has 0 amide bonds. The third-order valence-electron chi connectivity index (χ3n) is 7.18. The van der Waals surface area contributed by atoms with E-state index in [1.165, 1.54) is 13.2 Å². The van der Waals surface area contributed by atoms with Gasteiger partial charge < -0.3 is 56.8 Å². The van der Waals surface area contributed by atoms with Crippen LogP contribution in [0.4, 0.5) is 0 Å². The number of esters is 7. The van der Waals surface area contributed by atoms with Crippen molar-refractivity contribution in [1.29, 1.82) is 0 Å². The van der Waals surface area contributed by atoms with E-state index in [0.29, 0.717) is 0 Å². The van der Waals surface area contributed by atoms with Crippen LogP contribution in [-0.4, -0.2) is 124 Å². The van der Waals surface area contributed by atoms with Gasteiger partial charge in [-0.1, -0.05) is 12.1 Å². The Labute approximate surface area is 298 Å². The number of hydrogen-bond donors (Lipinski definition) is 0. The summed E-state index contributed by atoms with van der Waals surface area (Å²) in [6.07, 6.45) is -15.1. The maximum absolute atomic E-state index is 12.4. The molecule has 0 N–H and O–H groups in total. The molecule has 0 bridgehead atoms. The molecule has 10 atom stereocenters. The van der Waals surface area contributed by atoms with Crippen LogP contribution >= 0.6 is 0 Å². The lowest BCUT2D eigenvalue weighted by Crippen LogP contribution is -2.65. The van der Waals surface area contributed by atoms with E-state index in [4.69, 9.17) is 56.8 Å². The van der Waals surface area contributed by atoms with Crippen molar-refractivity contribution in [2.45, 2.75) is 110 Å². The molecule has 0 spiro atoms.